The third kappa shape index (κ3) is 4.83. The minimum atomic E-state index is -3.77. The van der Waals surface area contributed by atoms with E-state index in [1.807, 2.05) is 0 Å². The number of nitrogens with zero attached hydrogens (tertiary/aromatic N) is 1. The number of benzene rings is 1. The maximum absolute atomic E-state index is 11.3. The molecule has 0 saturated heterocycles. The van der Waals surface area contributed by atoms with E-state index in [0.717, 1.165) is 6.29 Å². The van der Waals surface area contributed by atoms with Crippen LogP contribution in [0.4, 0.5) is 5.69 Å². The lowest BCUT2D eigenvalue weighted by Gasteiger charge is -2.26. The largest absolute Gasteiger partial charge is 0.480 e. The Kier molecular flexibility index (Phi) is 5.86. The van der Waals surface area contributed by atoms with Gasteiger partial charge in [-0.15, -0.1) is 0 Å². The van der Waals surface area contributed by atoms with E-state index in [-0.39, 0.29) is 4.90 Å². The fraction of sp³-hybridized carbons (Fsp3) is 0.385. The maximum Gasteiger partial charge on any atom is 0.326 e. The highest BCUT2D eigenvalue weighted by atomic mass is 32.2. The highest BCUT2D eigenvalue weighted by Crippen LogP contribution is 2.20. The molecule has 0 radical (unpaired) electrons. The van der Waals surface area contributed by atoms with Gasteiger partial charge in [-0.25, -0.2) is 18.4 Å². The molecule has 1 aromatic rings. The number of hydrogen-bond acceptors (Lipinski definition) is 5. The molecular weight excluding hydrogens is 296 g/mol. The van der Waals surface area contributed by atoms with Gasteiger partial charge in [0.25, 0.3) is 0 Å². The Labute approximate surface area is 123 Å². The average Bonchev–Trinajstić information content (AvgIpc) is 2.42. The number of anilines is 1. The van der Waals surface area contributed by atoms with Gasteiger partial charge >= 0.3 is 5.97 Å². The van der Waals surface area contributed by atoms with Gasteiger partial charge in [0.2, 0.25) is 10.0 Å². The topological polar surface area (TPSA) is 118 Å². The molecule has 21 heavy (non-hydrogen) atoms. The molecule has 0 aliphatic rings. The molecule has 1 rings (SSSR count). The normalized spacial score (nSPS) is 12.7. The van der Waals surface area contributed by atoms with Crippen LogP contribution in [0.3, 0.4) is 0 Å². The zero-order valence-electron chi connectivity index (χ0n) is 11.6. The molecule has 0 amide bonds. The summed E-state index contributed by atoms with van der Waals surface area (Å²) in [6.45, 7) is 0. The van der Waals surface area contributed by atoms with Crippen molar-refractivity contribution >= 4 is 28.0 Å². The van der Waals surface area contributed by atoms with Gasteiger partial charge < -0.3 is 14.8 Å². The van der Waals surface area contributed by atoms with E-state index in [9.17, 15) is 23.1 Å². The smallest absolute Gasteiger partial charge is 0.326 e. The highest BCUT2D eigenvalue weighted by Gasteiger charge is 2.22. The van der Waals surface area contributed by atoms with Crippen molar-refractivity contribution in [2.75, 3.05) is 11.9 Å². The molecule has 116 valence electrons. The lowest BCUT2D eigenvalue weighted by Crippen LogP contribution is -2.38. The lowest BCUT2D eigenvalue weighted by molar-refractivity contribution is -0.138. The van der Waals surface area contributed by atoms with Gasteiger partial charge in [-0.05, 0) is 37.1 Å². The SMILES string of the molecule is CN(c1ccc(S(N)(=O)=O)cc1)C(CCCC=O)C(=O)O. The Hall–Kier alpha value is -1.93. The van der Waals surface area contributed by atoms with E-state index in [2.05, 4.69) is 0 Å². The number of likely N-dealkylation sites (N-methyl/N-ethyl adjacent to an activating group) is 1. The molecular formula is C13H18N2O5S. The predicted molar refractivity (Wildman–Crippen MR) is 77.6 cm³/mol. The number of carbonyl (C=O) groups is 2. The molecule has 8 heteroatoms. The molecule has 7 nitrogen and oxygen atoms in total. The molecule has 1 aromatic carbocycles. The van der Waals surface area contributed by atoms with Crippen LogP contribution in [0.2, 0.25) is 0 Å². The summed E-state index contributed by atoms with van der Waals surface area (Å²) in [5.74, 6) is -1.00. The number of aliphatic carboxylic acids is 1. The summed E-state index contributed by atoms with van der Waals surface area (Å²) in [5.41, 5.74) is 0.556. The van der Waals surface area contributed by atoms with Crippen LogP contribution < -0.4 is 10.0 Å². The van der Waals surface area contributed by atoms with Crippen LogP contribution in [0.5, 0.6) is 0 Å². The van der Waals surface area contributed by atoms with Crippen molar-refractivity contribution in [3.05, 3.63) is 24.3 Å². The fourth-order valence-electron chi connectivity index (χ4n) is 1.93. The summed E-state index contributed by atoms with van der Waals surface area (Å²) in [6.07, 6.45) is 1.85. The summed E-state index contributed by atoms with van der Waals surface area (Å²) in [6, 6.07) is 4.85. The lowest BCUT2D eigenvalue weighted by atomic mass is 10.1. The van der Waals surface area contributed by atoms with Crippen molar-refractivity contribution in [3.63, 3.8) is 0 Å². The van der Waals surface area contributed by atoms with Crippen LogP contribution in [0.15, 0.2) is 29.2 Å². The van der Waals surface area contributed by atoms with Crippen molar-refractivity contribution < 1.29 is 23.1 Å². The van der Waals surface area contributed by atoms with Crippen molar-refractivity contribution in [1.29, 1.82) is 0 Å². The quantitative estimate of drug-likeness (QED) is 0.535. The van der Waals surface area contributed by atoms with Gasteiger partial charge in [0.05, 0.1) is 4.90 Å². The van der Waals surface area contributed by atoms with Crippen LogP contribution >= 0.6 is 0 Å². The third-order valence-electron chi connectivity index (χ3n) is 3.12. The minimum Gasteiger partial charge on any atom is -0.480 e. The third-order valence-corrected chi connectivity index (χ3v) is 4.05. The monoisotopic (exact) mass is 314 g/mol. The van der Waals surface area contributed by atoms with Gasteiger partial charge in [-0.3, -0.25) is 0 Å². The number of carbonyl (C=O) groups excluding carboxylic acids is 1. The number of carboxylic acid groups (broad SMARTS) is 1. The Morgan fingerprint density at radius 3 is 2.38 bits per heavy atom. The van der Waals surface area contributed by atoms with E-state index in [4.69, 9.17) is 5.14 Å². The standard InChI is InChI=1S/C13H18N2O5S/c1-15(12(13(17)18)4-2-3-9-16)10-5-7-11(8-6-10)21(14,19)20/h5-9,12H,2-4H2,1H3,(H,17,18)(H2,14,19,20). The second-order valence-corrected chi connectivity index (χ2v) is 6.16. The second-order valence-electron chi connectivity index (χ2n) is 4.60. The van der Waals surface area contributed by atoms with Crippen molar-refractivity contribution in [2.24, 2.45) is 5.14 Å². The van der Waals surface area contributed by atoms with Crippen molar-refractivity contribution in [2.45, 2.75) is 30.2 Å². The van der Waals surface area contributed by atoms with Crippen molar-refractivity contribution in [3.8, 4) is 0 Å². The Morgan fingerprint density at radius 1 is 1.38 bits per heavy atom. The molecule has 0 aliphatic heterocycles. The number of primary sulfonamides is 1. The first-order valence-corrected chi connectivity index (χ1v) is 7.84. The van der Waals surface area contributed by atoms with Crippen LogP contribution in [0.1, 0.15) is 19.3 Å². The maximum atomic E-state index is 11.3. The molecule has 0 aromatic heterocycles. The summed E-state index contributed by atoms with van der Waals surface area (Å²) in [7, 11) is -2.17. The second kappa shape index (κ2) is 7.19. The van der Waals surface area contributed by atoms with Crippen LogP contribution in [0.25, 0.3) is 0 Å². The number of hydrogen-bond donors (Lipinski definition) is 2. The van der Waals surface area contributed by atoms with Gasteiger partial charge in [-0.1, -0.05) is 0 Å². The Bertz CT molecular complexity index is 597. The molecule has 0 heterocycles. The molecule has 1 unspecified atom stereocenters. The minimum absolute atomic E-state index is 0.0347. The fourth-order valence-corrected chi connectivity index (χ4v) is 2.44. The number of aldehydes is 1. The average molecular weight is 314 g/mol. The van der Waals surface area contributed by atoms with Crippen LogP contribution in [-0.2, 0) is 19.6 Å². The van der Waals surface area contributed by atoms with E-state index in [1.165, 1.54) is 29.2 Å². The van der Waals surface area contributed by atoms with Gasteiger partial charge in [0.1, 0.15) is 12.3 Å². The zero-order valence-corrected chi connectivity index (χ0v) is 12.4. The summed E-state index contributed by atoms with van der Waals surface area (Å²) >= 11 is 0. The number of nitrogens with two attached hydrogens (primary N) is 1. The van der Waals surface area contributed by atoms with Gasteiger partial charge in [0, 0.05) is 19.2 Å². The first kappa shape index (κ1) is 17.1. The number of rotatable bonds is 8. The number of unbranched alkanes of at least 4 members (excludes halogenated alkanes) is 1. The van der Waals surface area contributed by atoms with E-state index in [1.54, 1.807) is 7.05 Å². The first-order valence-electron chi connectivity index (χ1n) is 6.29. The molecule has 0 spiro atoms. The molecule has 0 aliphatic carbocycles. The van der Waals surface area contributed by atoms with Gasteiger partial charge in [0.15, 0.2) is 0 Å². The summed E-state index contributed by atoms with van der Waals surface area (Å²) in [5, 5.41) is 14.2. The van der Waals surface area contributed by atoms with Crippen LogP contribution in [-0.4, -0.2) is 38.9 Å². The van der Waals surface area contributed by atoms with Gasteiger partial charge in [-0.2, -0.15) is 0 Å². The molecule has 1 atom stereocenters. The van der Waals surface area contributed by atoms with E-state index >= 15 is 0 Å². The summed E-state index contributed by atoms with van der Waals surface area (Å²) in [4.78, 5) is 23.1. The Morgan fingerprint density at radius 2 is 1.95 bits per heavy atom. The van der Waals surface area contributed by atoms with Crippen LogP contribution in [0, 0.1) is 0 Å². The highest BCUT2D eigenvalue weighted by molar-refractivity contribution is 7.89. The molecule has 0 bridgehead atoms. The predicted octanol–water partition coefficient (Wildman–Crippen LogP) is 0.593. The van der Waals surface area contributed by atoms with Crippen molar-refractivity contribution in [1.82, 2.24) is 0 Å². The number of sulfonamides is 1. The van der Waals surface area contributed by atoms with E-state index in [0.29, 0.717) is 24.9 Å². The van der Waals surface area contributed by atoms with E-state index < -0.39 is 22.0 Å². The molecule has 3 N–H and O–H groups in total. The summed E-state index contributed by atoms with van der Waals surface area (Å²) < 4.78 is 22.3. The number of carboxylic acids is 1. The Balaban J connectivity index is 2.90. The molecule has 0 fully saturated rings. The molecule has 0 saturated carbocycles. The zero-order chi connectivity index (χ0) is 16.0. The first-order chi connectivity index (χ1) is 9.77.